The fraction of sp³-hybridized carbons (Fsp3) is 0.0606. The third kappa shape index (κ3) is 5.03. The van der Waals surface area contributed by atoms with Crippen LogP contribution in [-0.4, -0.2) is 20.0 Å². The van der Waals surface area contributed by atoms with Crippen LogP contribution < -0.4 is 10.3 Å². The zero-order chi connectivity index (χ0) is 28.5. The van der Waals surface area contributed by atoms with Gasteiger partial charge < -0.3 is 4.74 Å². The fourth-order valence-corrected chi connectivity index (χ4v) is 4.85. The second kappa shape index (κ2) is 10.7. The Balaban J connectivity index is 1.27. The monoisotopic (exact) mass is 547 g/mol. The van der Waals surface area contributed by atoms with E-state index in [0.717, 1.165) is 11.1 Å². The number of benzene rings is 3. The van der Waals surface area contributed by atoms with Crippen LogP contribution in [0.4, 0.5) is 8.78 Å². The van der Waals surface area contributed by atoms with Gasteiger partial charge in [0.2, 0.25) is 0 Å². The molecule has 3 heterocycles. The number of carbonyl (C=O) groups excluding carboxylic acids is 1. The number of hydrogen-bond acceptors (Lipinski definition) is 4. The highest BCUT2D eigenvalue weighted by molar-refractivity contribution is 5.98. The minimum absolute atomic E-state index is 0.00147. The SMILES string of the molecule is Cc1ccn(-c2ccc(F)cc2)c(=O)c1C(=O)Cc1ccc(Oc2ccnn3ccc(-c4ccccc4)c23)c(F)c1. The van der Waals surface area contributed by atoms with Gasteiger partial charge in [-0.1, -0.05) is 36.4 Å². The average molecular weight is 548 g/mol. The van der Waals surface area contributed by atoms with Gasteiger partial charge in [-0.15, -0.1) is 0 Å². The van der Waals surface area contributed by atoms with Crippen molar-refractivity contribution in [1.29, 1.82) is 0 Å². The molecule has 0 saturated carbocycles. The van der Waals surface area contributed by atoms with Crippen LogP contribution in [0.5, 0.6) is 11.5 Å². The quantitative estimate of drug-likeness (QED) is 0.203. The first-order valence-corrected chi connectivity index (χ1v) is 12.9. The predicted molar refractivity (Wildman–Crippen MR) is 152 cm³/mol. The van der Waals surface area contributed by atoms with Gasteiger partial charge in [0.25, 0.3) is 5.56 Å². The Kier molecular flexibility index (Phi) is 6.73. The number of Topliss-reactive ketones (excluding diaryl/α,β-unsaturated/α-hetero) is 1. The third-order valence-corrected chi connectivity index (χ3v) is 6.87. The normalized spacial score (nSPS) is 11.1. The summed E-state index contributed by atoms with van der Waals surface area (Å²) in [5.41, 5.74) is 3.35. The topological polar surface area (TPSA) is 65.6 Å². The van der Waals surface area contributed by atoms with Crippen LogP contribution in [0.1, 0.15) is 21.5 Å². The number of ketones is 1. The Hall–Kier alpha value is -5.37. The van der Waals surface area contributed by atoms with E-state index in [1.165, 1.54) is 47.2 Å². The Labute approximate surface area is 233 Å². The maximum atomic E-state index is 15.3. The number of carbonyl (C=O) groups is 1. The lowest BCUT2D eigenvalue weighted by atomic mass is 10.0. The zero-order valence-corrected chi connectivity index (χ0v) is 21.9. The van der Waals surface area contributed by atoms with E-state index in [1.807, 2.05) is 42.6 Å². The molecule has 6 aromatic rings. The molecule has 0 amide bonds. The molecule has 3 aromatic heterocycles. The van der Waals surface area contributed by atoms with Crippen LogP contribution in [0, 0.1) is 18.6 Å². The lowest BCUT2D eigenvalue weighted by Gasteiger charge is -2.12. The number of hydrogen-bond donors (Lipinski definition) is 0. The van der Waals surface area contributed by atoms with E-state index >= 15 is 4.39 Å². The molecule has 8 heteroatoms. The third-order valence-electron chi connectivity index (χ3n) is 6.87. The summed E-state index contributed by atoms with van der Waals surface area (Å²) < 4.78 is 37.6. The lowest BCUT2D eigenvalue weighted by Crippen LogP contribution is -2.27. The van der Waals surface area contributed by atoms with Gasteiger partial charge in [0.15, 0.2) is 23.1 Å². The van der Waals surface area contributed by atoms with Crippen molar-refractivity contribution >= 4 is 11.3 Å². The first kappa shape index (κ1) is 25.9. The van der Waals surface area contributed by atoms with Crippen molar-refractivity contribution in [2.75, 3.05) is 0 Å². The molecule has 0 aliphatic carbocycles. The summed E-state index contributed by atoms with van der Waals surface area (Å²) in [6, 6.07) is 24.7. The molecule has 0 bridgehead atoms. The summed E-state index contributed by atoms with van der Waals surface area (Å²) in [5.74, 6) is -1.12. The summed E-state index contributed by atoms with van der Waals surface area (Å²) >= 11 is 0. The molecule has 41 heavy (non-hydrogen) atoms. The number of fused-ring (bicyclic) bond motifs is 1. The molecular formula is C33H23F2N3O3. The van der Waals surface area contributed by atoms with Crippen molar-refractivity contribution in [2.45, 2.75) is 13.3 Å². The number of nitrogens with zero attached hydrogens (tertiary/aromatic N) is 3. The van der Waals surface area contributed by atoms with Crippen LogP contribution in [-0.2, 0) is 6.42 Å². The maximum absolute atomic E-state index is 15.3. The number of halogens is 2. The molecule has 0 spiro atoms. The largest absolute Gasteiger partial charge is 0.452 e. The summed E-state index contributed by atoms with van der Waals surface area (Å²) in [6.07, 6.45) is 4.74. The first-order valence-electron chi connectivity index (χ1n) is 12.9. The standard InChI is InChI=1S/C33H23F2N3O3/c1-21-14-17-37(25-10-8-24(34)9-11-25)33(40)31(21)28(39)20-22-7-12-29(27(35)19-22)41-30-13-16-36-38-18-15-26(32(30)38)23-5-3-2-4-6-23/h2-19H,20H2,1H3. The number of pyridine rings is 1. The van der Waals surface area contributed by atoms with E-state index in [9.17, 15) is 14.0 Å². The van der Waals surface area contributed by atoms with Gasteiger partial charge in [0.05, 0.1) is 11.8 Å². The van der Waals surface area contributed by atoms with Crippen LogP contribution >= 0.6 is 0 Å². The molecule has 0 saturated heterocycles. The summed E-state index contributed by atoms with van der Waals surface area (Å²) in [7, 11) is 0. The molecule has 6 nitrogen and oxygen atoms in total. The number of ether oxygens (including phenoxy) is 1. The van der Waals surface area contributed by atoms with Crippen molar-refractivity contribution in [3.05, 3.63) is 148 Å². The number of rotatable bonds is 7. The predicted octanol–water partition coefficient (Wildman–Crippen LogP) is 6.96. The van der Waals surface area contributed by atoms with Crippen LogP contribution in [0.3, 0.4) is 0 Å². The maximum Gasteiger partial charge on any atom is 0.266 e. The van der Waals surface area contributed by atoms with E-state index in [1.54, 1.807) is 35.8 Å². The molecule has 0 aliphatic heterocycles. The summed E-state index contributed by atoms with van der Waals surface area (Å²) in [5, 5.41) is 4.33. The highest BCUT2D eigenvalue weighted by atomic mass is 19.1. The smallest absolute Gasteiger partial charge is 0.266 e. The van der Waals surface area contributed by atoms with Gasteiger partial charge in [-0.05, 0) is 72.1 Å². The molecule has 0 unspecified atom stereocenters. The molecule has 0 atom stereocenters. The molecule has 202 valence electrons. The highest BCUT2D eigenvalue weighted by Gasteiger charge is 2.19. The van der Waals surface area contributed by atoms with Gasteiger partial charge in [0, 0.05) is 36.1 Å². The first-order chi connectivity index (χ1) is 19.9. The second-order valence-electron chi connectivity index (χ2n) is 9.58. The van der Waals surface area contributed by atoms with Crippen molar-refractivity contribution < 1.29 is 18.3 Å². The van der Waals surface area contributed by atoms with Crippen LogP contribution in [0.25, 0.3) is 22.3 Å². The Morgan fingerprint density at radius 1 is 0.878 bits per heavy atom. The van der Waals surface area contributed by atoms with Gasteiger partial charge in [0.1, 0.15) is 11.3 Å². The zero-order valence-electron chi connectivity index (χ0n) is 21.9. The molecule has 0 radical (unpaired) electrons. The van der Waals surface area contributed by atoms with Crippen LogP contribution in [0.2, 0.25) is 0 Å². The fourth-order valence-electron chi connectivity index (χ4n) is 4.85. The van der Waals surface area contributed by atoms with E-state index in [-0.39, 0.29) is 17.7 Å². The Bertz CT molecular complexity index is 1960. The molecule has 3 aromatic carbocycles. The van der Waals surface area contributed by atoms with E-state index in [0.29, 0.717) is 28.1 Å². The van der Waals surface area contributed by atoms with Gasteiger partial charge in [-0.3, -0.25) is 14.2 Å². The lowest BCUT2D eigenvalue weighted by molar-refractivity contribution is 0.0990. The van der Waals surface area contributed by atoms with Crippen molar-refractivity contribution in [2.24, 2.45) is 0 Å². The molecule has 6 rings (SSSR count). The summed E-state index contributed by atoms with van der Waals surface area (Å²) in [6.45, 7) is 1.67. The number of aryl methyl sites for hydroxylation is 1. The van der Waals surface area contributed by atoms with Gasteiger partial charge in [-0.25, -0.2) is 13.3 Å². The Morgan fingerprint density at radius 2 is 1.66 bits per heavy atom. The van der Waals surface area contributed by atoms with E-state index in [2.05, 4.69) is 5.10 Å². The van der Waals surface area contributed by atoms with E-state index < -0.39 is 23.0 Å². The average Bonchev–Trinajstić information content (AvgIpc) is 3.41. The Morgan fingerprint density at radius 3 is 2.41 bits per heavy atom. The van der Waals surface area contributed by atoms with Crippen molar-refractivity contribution in [3.63, 3.8) is 0 Å². The molecule has 0 aliphatic rings. The minimum atomic E-state index is -0.647. The highest BCUT2D eigenvalue weighted by Crippen LogP contribution is 2.35. The summed E-state index contributed by atoms with van der Waals surface area (Å²) in [4.78, 5) is 26.4. The number of aromatic nitrogens is 3. The molecule has 0 fully saturated rings. The molecule has 0 N–H and O–H groups in total. The van der Waals surface area contributed by atoms with E-state index in [4.69, 9.17) is 4.74 Å². The van der Waals surface area contributed by atoms with Crippen molar-refractivity contribution in [1.82, 2.24) is 14.2 Å². The van der Waals surface area contributed by atoms with Gasteiger partial charge in [-0.2, -0.15) is 5.10 Å². The second-order valence-corrected chi connectivity index (χ2v) is 9.58. The van der Waals surface area contributed by atoms with Crippen LogP contribution in [0.15, 0.2) is 114 Å². The van der Waals surface area contributed by atoms with Crippen molar-refractivity contribution in [3.8, 4) is 28.3 Å². The molecular weight excluding hydrogens is 524 g/mol. The minimum Gasteiger partial charge on any atom is -0.452 e. The van der Waals surface area contributed by atoms with Gasteiger partial charge >= 0.3 is 0 Å².